The predicted molar refractivity (Wildman–Crippen MR) is 131 cm³/mol. The molecular weight excluding hydrogens is 428 g/mol. The van der Waals surface area contributed by atoms with Crippen LogP contribution >= 0.6 is 0 Å². The molecule has 1 aliphatic heterocycles. The molecule has 3 aromatic rings. The number of fused-ring (bicyclic) bond motifs is 1. The summed E-state index contributed by atoms with van der Waals surface area (Å²) in [5, 5.41) is 16.2. The largest absolute Gasteiger partial charge is 0.490 e. The lowest BCUT2D eigenvalue weighted by Gasteiger charge is -2.20. The van der Waals surface area contributed by atoms with Gasteiger partial charge in [-0.2, -0.15) is 0 Å². The van der Waals surface area contributed by atoms with Gasteiger partial charge in [0.15, 0.2) is 5.84 Å². The van der Waals surface area contributed by atoms with E-state index in [2.05, 4.69) is 9.97 Å². The van der Waals surface area contributed by atoms with E-state index in [-0.39, 0.29) is 23.9 Å². The van der Waals surface area contributed by atoms with E-state index in [9.17, 15) is 4.79 Å². The van der Waals surface area contributed by atoms with Crippen molar-refractivity contribution in [2.24, 2.45) is 0 Å². The van der Waals surface area contributed by atoms with E-state index in [1.807, 2.05) is 38.1 Å². The van der Waals surface area contributed by atoms with E-state index in [0.29, 0.717) is 29.4 Å². The molecule has 0 bridgehead atoms. The number of nitrogens with one attached hydrogen (secondary N) is 2. The van der Waals surface area contributed by atoms with Crippen molar-refractivity contribution in [3.8, 4) is 16.9 Å². The van der Waals surface area contributed by atoms with Crippen molar-refractivity contribution in [1.29, 1.82) is 10.8 Å². The maximum atomic E-state index is 13.4. The molecule has 0 saturated heterocycles. The fraction of sp³-hybridized carbons (Fsp3) is 0.269. The fourth-order valence-electron chi connectivity index (χ4n) is 4.17. The normalized spacial score (nSPS) is 14.8. The van der Waals surface area contributed by atoms with Crippen LogP contribution in [0.1, 0.15) is 48.3 Å². The minimum absolute atomic E-state index is 0.0192. The summed E-state index contributed by atoms with van der Waals surface area (Å²) in [6, 6.07) is 13.1. The number of nitrogens with zero attached hydrogens (tertiary/aromatic N) is 4. The number of hydrogen-bond acceptors (Lipinski definition) is 6. The van der Waals surface area contributed by atoms with Gasteiger partial charge >= 0.3 is 0 Å². The summed E-state index contributed by atoms with van der Waals surface area (Å²) < 4.78 is 6.09. The Morgan fingerprint density at radius 1 is 1.21 bits per heavy atom. The van der Waals surface area contributed by atoms with Gasteiger partial charge in [-0.15, -0.1) is 0 Å². The Bertz CT molecular complexity index is 1270. The highest BCUT2D eigenvalue weighted by Crippen LogP contribution is 2.38. The summed E-state index contributed by atoms with van der Waals surface area (Å²) >= 11 is 0. The molecular formula is C26H26N6O2. The Labute approximate surface area is 198 Å². The van der Waals surface area contributed by atoms with Gasteiger partial charge in [0.25, 0.3) is 5.91 Å². The molecule has 0 spiro atoms. The molecule has 2 aromatic heterocycles. The summed E-state index contributed by atoms with van der Waals surface area (Å²) in [6.45, 7) is 4.32. The standard InChI is InChI=1S/C26H26N6O2/c1-16(2)34-23-11-18-14-31(26(33)21(18)12-20(23)17-5-4-10-29-13-17)24-7-3-6-22(30-24)25(28)32(15-27)19-8-9-19/h3-7,10-13,15-16,19,27-28H,8-9,14H2,1-2H3. The number of amides is 1. The van der Waals surface area contributed by atoms with Crippen molar-refractivity contribution in [2.75, 3.05) is 4.90 Å². The van der Waals surface area contributed by atoms with Crippen LogP contribution in [0.2, 0.25) is 0 Å². The first-order chi connectivity index (χ1) is 16.5. The summed E-state index contributed by atoms with van der Waals surface area (Å²) in [5.74, 6) is 1.23. The highest BCUT2D eigenvalue weighted by Gasteiger charge is 2.33. The molecule has 1 amide bonds. The van der Waals surface area contributed by atoms with Crippen LogP contribution in [-0.2, 0) is 6.54 Å². The molecule has 172 valence electrons. The maximum absolute atomic E-state index is 13.4. The Kier molecular flexibility index (Phi) is 5.57. The van der Waals surface area contributed by atoms with Gasteiger partial charge in [-0.25, -0.2) is 4.98 Å². The van der Waals surface area contributed by atoms with Gasteiger partial charge in [0.2, 0.25) is 0 Å². The van der Waals surface area contributed by atoms with Crippen molar-refractivity contribution in [1.82, 2.24) is 14.9 Å². The molecule has 0 atom stereocenters. The van der Waals surface area contributed by atoms with E-state index in [0.717, 1.165) is 29.5 Å². The lowest BCUT2D eigenvalue weighted by atomic mass is 10.00. The third-order valence-corrected chi connectivity index (χ3v) is 5.94. The van der Waals surface area contributed by atoms with Crippen LogP contribution in [0.25, 0.3) is 11.1 Å². The predicted octanol–water partition coefficient (Wildman–Crippen LogP) is 4.49. The average molecular weight is 455 g/mol. The van der Waals surface area contributed by atoms with Gasteiger partial charge in [-0.1, -0.05) is 12.1 Å². The van der Waals surface area contributed by atoms with E-state index in [4.69, 9.17) is 15.6 Å². The second-order valence-corrected chi connectivity index (χ2v) is 8.80. The Morgan fingerprint density at radius 2 is 2.03 bits per heavy atom. The number of pyridine rings is 2. The van der Waals surface area contributed by atoms with Crippen LogP contribution in [0.4, 0.5) is 5.82 Å². The number of hydrogen-bond donors (Lipinski definition) is 2. The van der Waals surface area contributed by atoms with Crippen LogP contribution in [0, 0.1) is 10.8 Å². The summed E-state index contributed by atoms with van der Waals surface area (Å²) in [5.41, 5.74) is 3.63. The molecule has 5 rings (SSSR count). The van der Waals surface area contributed by atoms with Crippen LogP contribution in [0.5, 0.6) is 5.75 Å². The topological polar surface area (TPSA) is 106 Å². The van der Waals surface area contributed by atoms with Gasteiger partial charge in [-0.05, 0) is 62.6 Å². The zero-order valence-electron chi connectivity index (χ0n) is 19.2. The van der Waals surface area contributed by atoms with Crippen molar-refractivity contribution in [3.05, 3.63) is 71.7 Å². The smallest absolute Gasteiger partial charge is 0.260 e. The van der Waals surface area contributed by atoms with Crippen molar-refractivity contribution in [3.63, 3.8) is 0 Å². The molecule has 1 aromatic carbocycles. The highest BCUT2D eigenvalue weighted by molar-refractivity contribution is 6.11. The van der Waals surface area contributed by atoms with Crippen molar-refractivity contribution >= 4 is 23.9 Å². The summed E-state index contributed by atoms with van der Waals surface area (Å²) in [4.78, 5) is 25.5. The van der Waals surface area contributed by atoms with Crippen LogP contribution in [-0.4, -0.2) is 45.1 Å². The summed E-state index contributed by atoms with van der Waals surface area (Å²) in [6.07, 6.45) is 6.58. The SMILES string of the molecule is CC(C)Oc1cc2c(cc1-c1cccnc1)C(=O)N(c1cccc(C(=N)N(C=N)C3CC3)n1)C2. The molecule has 1 aliphatic carbocycles. The Morgan fingerprint density at radius 3 is 2.71 bits per heavy atom. The fourth-order valence-corrected chi connectivity index (χ4v) is 4.17. The van der Waals surface area contributed by atoms with E-state index in [1.54, 1.807) is 40.4 Å². The maximum Gasteiger partial charge on any atom is 0.260 e. The Hall–Kier alpha value is -4.07. The quantitative estimate of drug-likeness (QED) is 0.404. The number of ether oxygens (including phenoxy) is 1. The zero-order valence-corrected chi connectivity index (χ0v) is 19.2. The van der Waals surface area contributed by atoms with Gasteiger partial charge < -0.3 is 9.64 Å². The van der Waals surface area contributed by atoms with Crippen LogP contribution < -0.4 is 9.64 Å². The first-order valence-corrected chi connectivity index (χ1v) is 11.4. The molecule has 1 saturated carbocycles. The molecule has 34 heavy (non-hydrogen) atoms. The molecule has 8 nitrogen and oxygen atoms in total. The number of rotatable bonds is 7. The average Bonchev–Trinajstić information content (AvgIpc) is 3.63. The van der Waals surface area contributed by atoms with E-state index >= 15 is 0 Å². The van der Waals surface area contributed by atoms with Gasteiger partial charge in [0.1, 0.15) is 17.3 Å². The first-order valence-electron chi connectivity index (χ1n) is 11.4. The molecule has 8 heteroatoms. The number of anilines is 1. The monoisotopic (exact) mass is 454 g/mol. The van der Waals surface area contributed by atoms with Crippen LogP contribution in [0.15, 0.2) is 54.9 Å². The van der Waals surface area contributed by atoms with Gasteiger partial charge in [-0.3, -0.25) is 25.5 Å². The zero-order chi connectivity index (χ0) is 23.8. The molecule has 2 N–H and O–H groups in total. The van der Waals surface area contributed by atoms with E-state index in [1.165, 1.54) is 6.34 Å². The molecule has 1 fully saturated rings. The molecule has 0 unspecified atom stereocenters. The Balaban J connectivity index is 1.49. The number of carbonyl (C=O) groups excluding carboxylic acids is 1. The second-order valence-electron chi connectivity index (χ2n) is 8.80. The molecule has 3 heterocycles. The number of aromatic nitrogens is 2. The third-order valence-electron chi connectivity index (χ3n) is 5.94. The minimum Gasteiger partial charge on any atom is -0.490 e. The second kappa shape index (κ2) is 8.70. The lowest BCUT2D eigenvalue weighted by molar-refractivity contribution is 0.0996. The first kappa shape index (κ1) is 21.8. The summed E-state index contributed by atoms with van der Waals surface area (Å²) in [7, 11) is 0. The minimum atomic E-state index is -0.140. The van der Waals surface area contributed by atoms with E-state index < -0.39 is 0 Å². The van der Waals surface area contributed by atoms with Gasteiger partial charge in [0.05, 0.1) is 19.0 Å². The van der Waals surface area contributed by atoms with Crippen LogP contribution in [0.3, 0.4) is 0 Å². The lowest BCUT2D eigenvalue weighted by Crippen LogP contribution is -2.32. The highest BCUT2D eigenvalue weighted by atomic mass is 16.5. The van der Waals surface area contributed by atoms with Gasteiger partial charge in [0, 0.05) is 35.1 Å². The number of amidine groups is 1. The van der Waals surface area contributed by atoms with Crippen molar-refractivity contribution in [2.45, 2.75) is 45.4 Å². The van der Waals surface area contributed by atoms with Crippen molar-refractivity contribution < 1.29 is 9.53 Å². The number of carbonyl (C=O) groups is 1. The molecule has 2 aliphatic rings. The molecule has 0 radical (unpaired) electrons. The number of benzene rings is 1. The third kappa shape index (κ3) is 4.03.